The number of anilines is 2. The van der Waals surface area contributed by atoms with Crippen LogP contribution in [0.3, 0.4) is 0 Å². The first-order chi connectivity index (χ1) is 17.2. The van der Waals surface area contributed by atoms with Crippen LogP contribution in [0, 0.1) is 18.8 Å². The molecule has 6 rings (SSSR count). The Labute approximate surface area is 211 Å². The average Bonchev–Trinajstić information content (AvgIpc) is 3.44. The molecular weight excluding hydrogens is 480 g/mol. The van der Waals surface area contributed by atoms with E-state index in [-0.39, 0.29) is 12.8 Å². The highest BCUT2D eigenvalue weighted by molar-refractivity contribution is 6.32. The van der Waals surface area contributed by atoms with Crippen LogP contribution >= 0.6 is 11.6 Å². The second-order valence-corrected chi connectivity index (χ2v) is 10.1. The third-order valence-electron chi connectivity index (χ3n) is 7.78. The van der Waals surface area contributed by atoms with Gasteiger partial charge in [-0.25, -0.2) is 4.90 Å². The number of halogens is 1. The number of hydrogen-bond acceptors (Lipinski definition) is 5. The average molecular weight is 503 g/mol. The molecule has 1 spiro atoms. The van der Waals surface area contributed by atoms with Gasteiger partial charge in [0, 0.05) is 23.0 Å². The van der Waals surface area contributed by atoms with Crippen LogP contribution in [-0.2, 0) is 24.7 Å². The summed E-state index contributed by atoms with van der Waals surface area (Å²) in [7, 11) is 0. The van der Waals surface area contributed by atoms with Crippen molar-refractivity contribution in [3.05, 3.63) is 70.7 Å². The molecule has 182 valence electrons. The molecule has 2 fully saturated rings. The van der Waals surface area contributed by atoms with E-state index in [4.69, 9.17) is 17.3 Å². The molecule has 0 aliphatic carbocycles. The molecule has 4 amide bonds. The van der Waals surface area contributed by atoms with Crippen molar-refractivity contribution in [2.24, 2.45) is 17.6 Å². The summed E-state index contributed by atoms with van der Waals surface area (Å²) in [6, 6.07) is 15.9. The van der Waals surface area contributed by atoms with E-state index in [1.165, 1.54) is 4.90 Å². The Morgan fingerprint density at radius 2 is 1.81 bits per heavy atom. The SMILES string of the molecule is Cc1c(Cl)ccc2c1NC(=O)[C@]21N[C@H](CCC(N)=O)[C@H]2C(=O)N(c3ccc4ccccc4c3)C(=O)[C@H]21. The summed E-state index contributed by atoms with van der Waals surface area (Å²) in [6.45, 7) is 1.79. The highest BCUT2D eigenvalue weighted by atomic mass is 35.5. The van der Waals surface area contributed by atoms with E-state index < -0.39 is 47.0 Å². The Balaban J connectivity index is 1.50. The van der Waals surface area contributed by atoms with Crippen LogP contribution in [0.15, 0.2) is 54.6 Å². The smallest absolute Gasteiger partial charge is 0.250 e. The zero-order valence-electron chi connectivity index (χ0n) is 19.4. The lowest BCUT2D eigenvalue weighted by molar-refractivity contribution is -0.130. The molecule has 0 bridgehead atoms. The number of rotatable bonds is 4. The molecule has 8 nitrogen and oxygen atoms in total. The van der Waals surface area contributed by atoms with Crippen LogP contribution in [0.25, 0.3) is 10.8 Å². The molecular formula is C27H23ClN4O4. The van der Waals surface area contributed by atoms with Crippen LogP contribution in [0.4, 0.5) is 11.4 Å². The Morgan fingerprint density at radius 1 is 1.06 bits per heavy atom. The lowest BCUT2D eigenvalue weighted by Gasteiger charge is -2.29. The van der Waals surface area contributed by atoms with Gasteiger partial charge < -0.3 is 11.1 Å². The number of nitrogens with one attached hydrogen (secondary N) is 2. The second-order valence-electron chi connectivity index (χ2n) is 9.66. The van der Waals surface area contributed by atoms with Gasteiger partial charge in [0.1, 0.15) is 5.54 Å². The fraction of sp³-hybridized carbons (Fsp3) is 0.259. The van der Waals surface area contributed by atoms with Crippen LogP contribution in [-0.4, -0.2) is 29.7 Å². The minimum atomic E-state index is -1.46. The van der Waals surface area contributed by atoms with E-state index in [2.05, 4.69) is 10.6 Å². The van der Waals surface area contributed by atoms with Crippen LogP contribution < -0.4 is 21.3 Å². The molecule has 3 aliphatic heterocycles. The first-order valence-electron chi connectivity index (χ1n) is 11.8. The molecule has 3 aromatic rings. The summed E-state index contributed by atoms with van der Waals surface area (Å²) >= 11 is 6.31. The van der Waals surface area contributed by atoms with Gasteiger partial charge in [-0.15, -0.1) is 0 Å². The minimum Gasteiger partial charge on any atom is -0.370 e. The molecule has 4 N–H and O–H groups in total. The minimum absolute atomic E-state index is 0.0164. The van der Waals surface area contributed by atoms with Crippen molar-refractivity contribution in [1.82, 2.24) is 5.32 Å². The highest BCUT2D eigenvalue weighted by Crippen LogP contribution is 2.55. The van der Waals surface area contributed by atoms with Gasteiger partial charge >= 0.3 is 0 Å². The number of nitrogens with zero attached hydrogens (tertiary/aromatic N) is 1. The summed E-state index contributed by atoms with van der Waals surface area (Å²) < 4.78 is 0. The van der Waals surface area contributed by atoms with Gasteiger partial charge in [-0.05, 0) is 47.9 Å². The highest BCUT2D eigenvalue weighted by Gasteiger charge is 2.70. The number of primary amides is 1. The molecule has 3 heterocycles. The van der Waals surface area contributed by atoms with Crippen LogP contribution in [0.5, 0.6) is 0 Å². The third kappa shape index (κ3) is 2.98. The van der Waals surface area contributed by atoms with Gasteiger partial charge in [-0.2, -0.15) is 0 Å². The van der Waals surface area contributed by atoms with Crippen molar-refractivity contribution < 1.29 is 19.2 Å². The number of carbonyl (C=O) groups is 4. The fourth-order valence-electron chi connectivity index (χ4n) is 6.11. The molecule has 9 heteroatoms. The number of amides is 4. The van der Waals surface area contributed by atoms with E-state index in [1.807, 2.05) is 30.3 Å². The molecule has 0 saturated carbocycles. The van der Waals surface area contributed by atoms with Crippen molar-refractivity contribution in [1.29, 1.82) is 0 Å². The second kappa shape index (κ2) is 7.88. The van der Waals surface area contributed by atoms with Crippen molar-refractivity contribution in [3.63, 3.8) is 0 Å². The van der Waals surface area contributed by atoms with E-state index in [9.17, 15) is 19.2 Å². The lowest BCUT2D eigenvalue weighted by atomic mass is 9.76. The fourth-order valence-corrected chi connectivity index (χ4v) is 6.26. The third-order valence-corrected chi connectivity index (χ3v) is 8.19. The Bertz CT molecular complexity index is 1500. The van der Waals surface area contributed by atoms with Gasteiger partial charge in [0.25, 0.3) is 0 Å². The lowest BCUT2D eigenvalue weighted by Crippen LogP contribution is -2.53. The molecule has 36 heavy (non-hydrogen) atoms. The number of carbonyl (C=O) groups excluding carboxylic acids is 4. The van der Waals surface area contributed by atoms with E-state index >= 15 is 0 Å². The summed E-state index contributed by atoms with van der Waals surface area (Å²) in [5, 5.41) is 8.55. The Morgan fingerprint density at radius 3 is 2.56 bits per heavy atom. The maximum atomic E-state index is 14.1. The quantitative estimate of drug-likeness (QED) is 0.473. The molecule has 0 unspecified atom stereocenters. The predicted octanol–water partition coefficient (Wildman–Crippen LogP) is 2.99. The Kier molecular flexibility index (Phi) is 4.97. The van der Waals surface area contributed by atoms with Gasteiger partial charge in [0.05, 0.1) is 23.2 Å². The van der Waals surface area contributed by atoms with Crippen LogP contribution in [0.2, 0.25) is 5.02 Å². The number of nitrogens with two attached hydrogens (primary N) is 1. The largest absolute Gasteiger partial charge is 0.370 e. The predicted molar refractivity (Wildman–Crippen MR) is 135 cm³/mol. The number of imide groups is 1. The number of fused-ring (bicyclic) bond motifs is 5. The maximum Gasteiger partial charge on any atom is 0.250 e. The summed E-state index contributed by atoms with van der Waals surface area (Å²) in [4.78, 5) is 54.3. The standard InChI is InChI=1S/C27H23ClN4O4/c1-13-18(28)9-8-17-23(13)30-26(36)27(17)22-21(19(31-27)10-11-20(29)33)24(34)32(25(22)35)16-7-6-14-4-2-3-5-15(14)12-16/h2-9,12,19,21-22,31H,10-11H2,1H3,(H2,29,33)(H,30,36)/t19-,21-,22+,27+/m1/s1. The summed E-state index contributed by atoms with van der Waals surface area (Å²) in [5.41, 5.74) is 6.19. The van der Waals surface area contributed by atoms with E-state index in [1.54, 1.807) is 31.2 Å². The van der Waals surface area contributed by atoms with E-state index in [0.717, 1.165) is 10.8 Å². The van der Waals surface area contributed by atoms with Crippen molar-refractivity contribution in [3.8, 4) is 0 Å². The molecule has 2 saturated heterocycles. The zero-order valence-corrected chi connectivity index (χ0v) is 20.1. The molecule has 0 radical (unpaired) electrons. The van der Waals surface area contributed by atoms with Crippen molar-refractivity contribution in [2.75, 3.05) is 10.2 Å². The van der Waals surface area contributed by atoms with Gasteiger partial charge in [0.2, 0.25) is 23.6 Å². The number of hydrogen-bond donors (Lipinski definition) is 3. The van der Waals surface area contributed by atoms with E-state index in [0.29, 0.717) is 27.5 Å². The summed E-state index contributed by atoms with van der Waals surface area (Å²) in [5.74, 6) is -3.61. The summed E-state index contributed by atoms with van der Waals surface area (Å²) in [6.07, 6.45) is 0.237. The van der Waals surface area contributed by atoms with Gasteiger partial charge in [-0.3, -0.25) is 24.5 Å². The first-order valence-corrected chi connectivity index (χ1v) is 12.2. The monoisotopic (exact) mass is 502 g/mol. The maximum absolute atomic E-state index is 14.1. The molecule has 0 aromatic heterocycles. The zero-order chi connectivity index (χ0) is 25.4. The van der Waals surface area contributed by atoms with Crippen LogP contribution in [0.1, 0.15) is 24.0 Å². The van der Waals surface area contributed by atoms with Crippen molar-refractivity contribution >= 4 is 57.4 Å². The topological polar surface area (TPSA) is 122 Å². The molecule has 3 aromatic carbocycles. The molecule has 3 aliphatic rings. The molecule has 4 atom stereocenters. The number of benzene rings is 3. The first kappa shape index (κ1) is 22.7. The normalized spacial score (nSPS) is 26.6. The van der Waals surface area contributed by atoms with Gasteiger partial charge in [-0.1, -0.05) is 48.0 Å². The Hall–Kier alpha value is -3.75. The van der Waals surface area contributed by atoms with Gasteiger partial charge in [0.15, 0.2) is 0 Å². The van der Waals surface area contributed by atoms with Crippen molar-refractivity contribution in [2.45, 2.75) is 31.3 Å².